The predicted molar refractivity (Wildman–Crippen MR) is 107 cm³/mol. The molecule has 29 heavy (non-hydrogen) atoms. The van der Waals surface area contributed by atoms with E-state index >= 15 is 0 Å². The molecule has 0 amide bonds. The summed E-state index contributed by atoms with van der Waals surface area (Å²) in [5, 5.41) is 9.06. The molecule has 0 aromatic carbocycles. The predicted octanol–water partition coefficient (Wildman–Crippen LogP) is 4.07. The monoisotopic (exact) mass is 402 g/mol. The molecule has 1 N–H and O–H groups in total. The summed E-state index contributed by atoms with van der Waals surface area (Å²) < 4.78 is 0. The Morgan fingerprint density at radius 3 is 2.52 bits per heavy atom. The average Bonchev–Trinajstić information content (AvgIpc) is 3.01. The smallest absolute Gasteiger partial charge is 0.303 e. The van der Waals surface area contributed by atoms with Crippen LogP contribution < -0.4 is 0 Å². The van der Waals surface area contributed by atoms with E-state index in [-0.39, 0.29) is 64.7 Å². The van der Waals surface area contributed by atoms with Gasteiger partial charge in [-0.05, 0) is 60.7 Å². The van der Waals surface area contributed by atoms with Gasteiger partial charge in [-0.3, -0.25) is 19.2 Å². The first-order chi connectivity index (χ1) is 13.6. The van der Waals surface area contributed by atoms with Crippen LogP contribution in [0.25, 0.3) is 0 Å². The van der Waals surface area contributed by atoms with Gasteiger partial charge in [0.25, 0.3) is 0 Å². The summed E-state index contributed by atoms with van der Waals surface area (Å²) in [5.74, 6) is 0.524. The molecule has 0 bridgehead atoms. The summed E-state index contributed by atoms with van der Waals surface area (Å²) in [6.45, 7) is 6.37. The van der Waals surface area contributed by atoms with E-state index in [9.17, 15) is 19.2 Å². The van der Waals surface area contributed by atoms with Gasteiger partial charge >= 0.3 is 5.97 Å². The number of Topliss-reactive ketones (excluding diaryl/α,β-unsaturated/α-hetero) is 3. The molecular formula is C24H34O5. The highest BCUT2D eigenvalue weighted by Gasteiger charge is 2.66. The Hall–Kier alpha value is -1.52. The molecule has 0 aromatic heterocycles. The van der Waals surface area contributed by atoms with Gasteiger partial charge in [0.15, 0.2) is 0 Å². The number of carboxylic acid groups (broad SMARTS) is 1. The summed E-state index contributed by atoms with van der Waals surface area (Å²) >= 11 is 0. The van der Waals surface area contributed by atoms with Crippen LogP contribution in [0.1, 0.15) is 78.6 Å². The molecule has 8 atom stereocenters. The Balaban J connectivity index is 1.63. The first-order valence-corrected chi connectivity index (χ1v) is 11.4. The molecule has 160 valence electrons. The number of aliphatic carboxylic acids is 1. The number of fused-ring (bicyclic) bond motifs is 5. The van der Waals surface area contributed by atoms with Crippen molar-refractivity contribution >= 4 is 23.3 Å². The van der Waals surface area contributed by atoms with Crippen molar-refractivity contribution in [2.45, 2.75) is 78.6 Å². The lowest BCUT2D eigenvalue weighted by Crippen LogP contribution is -2.60. The molecule has 5 nitrogen and oxygen atoms in total. The maximum Gasteiger partial charge on any atom is 0.303 e. The van der Waals surface area contributed by atoms with Gasteiger partial charge in [0, 0.05) is 43.4 Å². The number of hydrogen-bond acceptors (Lipinski definition) is 4. The second kappa shape index (κ2) is 7.02. The third-order valence-corrected chi connectivity index (χ3v) is 9.72. The molecule has 0 spiro atoms. The van der Waals surface area contributed by atoms with Crippen LogP contribution in [0, 0.1) is 46.3 Å². The van der Waals surface area contributed by atoms with Gasteiger partial charge < -0.3 is 5.11 Å². The molecule has 4 aliphatic rings. The van der Waals surface area contributed by atoms with Crippen LogP contribution >= 0.6 is 0 Å². The van der Waals surface area contributed by atoms with Crippen LogP contribution in [0.15, 0.2) is 0 Å². The third-order valence-electron chi connectivity index (χ3n) is 9.72. The highest BCUT2D eigenvalue weighted by atomic mass is 16.4. The molecule has 0 radical (unpaired) electrons. The van der Waals surface area contributed by atoms with Crippen LogP contribution in [-0.4, -0.2) is 28.4 Å². The lowest BCUT2D eigenvalue weighted by atomic mass is 9.44. The van der Waals surface area contributed by atoms with Crippen LogP contribution in [0.5, 0.6) is 0 Å². The Morgan fingerprint density at radius 1 is 1.10 bits per heavy atom. The molecule has 4 fully saturated rings. The van der Waals surface area contributed by atoms with Crippen molar-refractivity contribution in [3.63, 3.8) is 0 Å². The van der Waals surface area contributed by atoms with Gasteiger partial charge in [-0.2, -0.15) is 0 Å². The Bertz CT molecular complexity index is 756. The zero-order valence-corrected chi connectivity index (χ0v) is 17.9. The number of carboxylic acids is 1. The summed E-state index contributed by atoms with van der Waals surface area (Å²) in [6, 6.07) is 0. The molecule has 5 heteroatoms. The number of ketones is 3. The highest BCUT2D eigenvalue weighted by molar-refractivity contribution is 5.93. The van der Waals surface area contributed by atoms with Crippen LogP contribution in [0.4, 0.5) is 0 Å². The fourth-order valence-corrected chi connectivity index (χ4v) is 7.94. The second-order valence-electron chi connectivity index (χ2n) is 10.9. The fourth-order valence-electron chi connectivity index (χ4n) is 7.94. The maximum atomic E-state index is 13.6. The van der Waals surface area contributed by atoms with E-state index in [0.29, 0.717) is 32.1 Å². The van der Waals surface area contributed by atoms with Crippen molar-refractivity contribution in [2.75, 3.05) is 0 Å². The normalized spacial score (nSPS) is 45.3. The van der Waals surface area contributed by atoms with E-state index in [2.05, 4.69) is 20.8 Å². The first kappa shape index (κ1) is 20.7. The quantitative estimate of drug-likeness (QED) is 0.766. The molecular weight excluding hydrogens is 368 g/mol. The molecule has 0 unspecified atom stereocenters. The summed E-state index contributed by atoms with van der Waals surface area (Å²) in [5.41, 5.74) is -0.598. The number of carbonyl (C=O) groups excluding carboxylic acids is 3. The SMILES string of the molecule is C[C@H](CCC(=O)O)[C@H]1CC[C@@H]2[C@H]3C(=O)C[C@H]4CC(=O)CC[C@]4(C)[C@@H]3CC(=O)[C@]21C. The lowest BCUT2D eigenvalue weighted by Gasteiger charge is -2.58. The summed E-state index contributed by atoms with van der Waals surface area (Å²) in [4.78, 5) is 50.0. The van der Waals surface area contributed by atoms with E-state index in [4.69, 9.17) is 5.11 Å². The van der Waals surface area contributed by atoms with Crippen LogP contribution in [0.3, 0.4) is 0 Å². The van der Waals surface area contributed by atoms with Gasteiger partial charge in [-0.15, -0.1) is 0 Å². The molecule has 4 rings (SSSR count). The van der Waals surface area contributed by atoms with Crippen LogP contribution in [-0.2, 0) is 19.2 Å². The van der Waals surface area contributed by atoms with E-state index in [1.807, 2.05) is 0 Å². The minimum Gasteiger partial charge on any atom is -0.481 e. The fraction of sp³-hybridized carbons (Fsp3) is 0.833. The number of carbonyl (C=O) groups is 4. The number of rotatable bonds is 4. The maximum absolute atomic E-state index is 13.6. The largest absolute Gasteiger partial charge is 0.481 e. The van der Waals surface area contributed by atoms with Gasteiger partial charge in [-0.25, -0.2) is 0 Å². The number of hydrogen-bond donors (Lipinski definition) is 1. The molecule has 0 heterocycles. The minimum atomic E-state index is -0.792. The Morgan fingerprint density at radius 2 is 1.83 bits per heavy atom. The van der Waals surface area contributed by atoms with Gasteiger partial charge in [0.05, 0.1) is 0 Å². The second-order valence-corrected chi connectivity index (χ2v) is 10.9. The van der Waals surface area contributed by atoms with E-state index in [1.165, 1.54) is 0 Å². The average molecular weight is 403 g/mol. The molecule has 4 aliphatic carbocycles. The zero-order valence-electron chi connectivity index (χ0n) is 17.9. The van der Waals surface area contributed by atoms with Crippen molar-refractivity contribution < 1.29 is 24.3 Å². The lowest BCUT2D eigenvalue weighted by molar-refractivity contribution is -0.166. The van der Waals surface area contributed by atoms with Crippen LogP contribution in [0.2, 0.25) is 0 Å². The Kier molecular flexibility index (Phi) is 5.02. The third kappa shape index (κ3) is 3.02. The van der Waals surface area contributed by atoms with Crippen molar-refractivity contribution in [1.82, 2.24) is 0 Å². The van der Waals surface area contributed by atoms with E-state index < -0.39 is 11.4 Å². The van der Waals surface area contributed by atoms with Crippen molar-refractivity contribution in [2.24, 2.45) is 46.3 Å². The van der Waals surface area contributed by atoms with Gasteiger partial charge in [0.2, 0.25) is 0 Å². The molecule has 4 saturated carbocycles. The van der Waals surface area contributed by atoms with E-state index in [0.717, 1.165) is 19.3 Å². The topological polar surface area (TPSA) is 88.5 Å². The highest BCUT2D eigenvalue weighted by Crippen LogP contribution is 2.66. The zero-order chi connectivity index (χ0) is 21.1. The van der Waals surface area contributed by atoms with Crippen molar-refractivity contribution in [1.29, 1.82) is 0 Å². The van der Waals surface area contributed by atoms with E-state index in [1.54, 1.807) is 0 Å². The van der Waals surface area contributed by atoms with Crippen molar-refractivity contribution in [3.8, 4) is 0 Å². The molecule has 0 aromatic rings. The first-order valence-electron chi connectivity index (χ1n) is 11.4. The Labute approximate surface area is 173 Å². The van der Waals surface area contributed by atoms with Gasteiger partial charge in [-0.1, -0.05) is 20.8 Å². The van der Waals surface area contributed by atoms with Crippen molar-refractivity contribution in [3.05, 3.63) is 0 Å². The van der Waals surface area contributed by atoms with Gasteiger partial charge in [0.1, 0.15) is 17.3 Å². The summed E-state index contributed by atoms with van der Waals surface area (Å²) in [7, 11) is 0. The molecule has 0 aliphatic heterocycles. The standard InChI is InChI=1S/C24H34O5/c1-13(4-7-21(28)29)16-5-6-17-22-18(12-20(27)24(16,17)3)23(2)9-8-15(25)10-14(23)11-19(22)26/h13-14,16-18,22H,4-12H2,1-3H3,(H,28,29)/t13-,14-,16-,17-,18-,22-,23+,24+/m1/s1. The minimum absolute atomic E-state index is 0.0659. The summed E-state index contributed by atoms with van der Waals surface area (Å²) in [6.07, 6.45) is 5.33. The molecule has 0 saturated heterocycles.